The first-order chi connectivity index (χ1) is 19.4. The molecule has 218 valence electrons. The molecule has 0 saturated carbocycles. The number of rotatable bonds is 15. The fourth-order valence-electron chi connectivity index (χ4n) is 6.69. The highest BCUT2D eigenvalue weighted by Gasteiger charge is 2.74. The lowest BCUT2D eigenvalue weighted by Crippen LogP contribution is -2.56. The van der Waals surface area contributed by atoms with E-state index in [1.807, 2.05) is 31.2 Å². The minimum absolute atomic E-state index is 0.106. The third kappa shape index (κ3) is 5.29. The summed E-state index contributed by atoms with van der Waals surface area (Å²) in [5.74, 6) is -1.41. The van der Waals surface area contributed by atoms with Crippen LogP contribution in [0.25, 0.3) is 0 Å². The molecule has 0 radical (unpaired) electrons. The summed E-state index contributed by atoms with van der Waals surface area (Å²) in [5.41, 5.74) is -0.393. The van der Waals surface area contributed by atoms with Crippen LogP contribution in [0.15, 0.2) is 49.6 Å². The van der Waals surface area contributed by atoms with Gasteiger partial charge in [-0.2, -0.15) is 0 Å². The molecular weight excluding hydrogens is 510 g/mol. The molecule has 3 amide bonds. The zero-order chi connectivity index (χ0) is 28.9. The number of aliphatic hydroxyl groups is 1. The maximum atomic E-state index is 14.2. The van der Waals surface area contributed by atoms with Crippen LogP contribution >= 0.6 is 0 Å². The Morgan fingerprint density at radius 1 is 1.15 bits per heavy atom. The molecule has 0 aromatic heterocycles. The van der Waals surface area contributed by atoms with Crippen LogP contribution in [-0.4, -0.2) is 89.8 Å². The van der Waals surface area contributed by atoms with Crippen LogP contribution in [0, 0.1) is 11.8 Å². The molecule has 1 aromatic rings. The highest BCUT2D eigenvalue weighted by Crippen LogP contribution is 2.59. The molecule has 0 aliphatic carbocycles. The second-order valence-corrected chi connectivity index (χ2v) is 10.8. The first-order valence-corrected chi connectivity index (χ1v) is 14.5. The van der Waals surface area contributed by atoms with Crippen LogP contribution in [0.1, 0.15) is 46.0 Å². The van der Waals surface area contributed by atoms with Gasteiger partial charge in [-0.15, -0.1) is 13.2 Å². The van der Waals surface area contributed by atoms with Gasteiger partial charge in [0.15, 0.2) is 0 Å². The van der Waals surface area contributed by atoms with Crippen molar-refractivity contribution >= 4 is 23.4 Å². The summed E-state index contributed by atoms with van der Waals surface area (Å²) in [6, 6.07) is 6.45. The summed E-state index contributed by atoms with van der Waals surface area (Å²) in [5, 5.41) is 9.57. The predicted molar refractivity (Wildman–Crippen MR) is 153 cm³/mol. The fourth-order valence-corrected chi connectivity index (χ4v) is 6.69. The molecule has 2 bridgehead atoms. The van der Waals surface area contributed by atoms with Crippen LogP contribution < -0.4 is 9.64 Å². The molecule has 3 fully saturated rings. The lowest BCUT2D eigenvalue weighted by atomic mass is 9.70. The average Bonchev–Trinajstić information content (AvgIpc) is 3.60. The maximum Gasteiger partial charge on any atom is 0.248 e. The van der Waals surface area contributed by atoms with E-state index in [2.05, 4.69) is 20.1 Å². The Balaban J connectivity index is 1.69. The Bertz CT molecular complexity index is 1090. The molecule has 3 aliphatic heterocycles. The summed E-state index contributed by atoms with van der Waals surface area (Å²) in [4.78, 5) is 47.4. The van der Waals surface area contributed by atoms with Crippen LogP contribution in [0.4, 0.5) is 5.69 Å². The third-order valence-corrected chi connectivity index (χ3v) is 8.36. The van der Waals surface area contributed by atoms with E-state index in [0.29, 0.717) is 50.4 Å². The number of fused-ring (bicyclic) bond motifs is 1. The number of hydrogen-bond acceptors (Lipinski definition) is 6. The van der Waals surface area contributed by atoms with Gasteiger partial charge >= 0.3 is 0 Å². The topological polar surface area (TPSA) is 99.6 Å². The van der Waals surface area contributed by atoms with Gasteiger partial charge in [0.25, 0.3) is 0 Å². The van der Waals surface area contributed by atoms with Crippen LogP contribution in [0.2, 0.25) is 0 Å². The van der Waals surface area contributed by atoms with Crippen LogP contribution in [0.3, 0.4) is 0 Å². The van der Waals surface area contributed by atoms with E-state index in [-0.39, 0.29) is 37.4 Å². The molecule has 1 N–H and O–H groups in total. The summed E-state index contributed by atoms with van der Waals surface area (Å²) >= 11 is 0. The second kappa shape index (κ2) is 13.0. The van der Waals surface area contributed by atoms with Gasteiger partial charge in [-0.1, -0.05) is 25.5 Å². The number of benzene rings is 1. The number of anilines is 1. The van der Waals surface area contributed by atoms with Gasteiger partial charge in [0.1, 0.15) is 17.4 Å². The zero-order valence-corrected chi connectivity index (χ0v) is 23.8. The van der Waals surface area contributed by atoms with Crippen molar-refractivity contribution in [1.82, 2.24) is 9.80 Å². The van der Waals surface area contributed by atoms with Crippen molar-refractivity contribution in [2.75, 3.05) is 44.3 Å². The SMILES string of the molecule is C=CCN(CCCC)C(=O)C1N(CCCO)C(=O)[C@@H]2[C@H](C(=O)N(CC=C)c3ccc(OCC)cc3)[C@@H]3CCC12O3. The lowest BCUT2D eigenvalue weighted by molar-refractivity contribution is -0.147. The van der Waals surface area contributed by atoms with Crippen molar-refractivity contribution in [3.05, 3.63) is 49.6 Å². The molecule has 4 rings (SSSR count). The van der Waals surface area contributed by atoms with Gasteiger partial charge in [-0.05, 0) is 56.9 Å². The van der Waals surface area contributed by atoms with Crippen LogP contribution in [0.5, 0.6) is 5.75 Å². The second-order valence-electron chi connectivity index (χ2n) is 10.8. The fraction of sp³-hybridized carbons (Fsp3) is 0.581. The number of nitrogens with zero attached hydrogens (tertiary/aromatic N) is 3. The number of carbonyl (C=O) groups is 3. The molecule has 3 aliphatic rings. The third-order valence-electron chi connectivity index (χ3n) is 8.36. The molecule has 2 unspecified atom stereocenters. The molecule has 3 saturated heterocycles. The molecule has 9 nitrogen and oxygen atoms in total. The largest absolute Gasteiger partial charge is 0.494 e. The van der Waals surface area contributed by atoms with Gasteiger partial charge in [0.2, 0.25) is 17.7 Å². The minimum Gasteiger partial charge on any atom is -0.494 e. The van der Waals surface area contributed by atoms with E-state index >= 15 is 0 Å². The predicted octanol–water partition coefficient (Wildman–Crippen LogP) is 3.18. The van der Waals surface area contributed by atoms with Gasteiger partial charge in [-0.25, -0.2) is 0 Å². The quantitative estimate of drug-likeness (QED) is 0.335. The number of likely N-dealkylation sites (tertiary alicyclic amines) is 1. The van der Waals surface area contributed by atoms with E-state index in [9.17, 15) is 19.5 Å². The molecule has 1 aromatic carbocycles. The molecule has 9 heteroatoms. The Morgan fingerprint density at radius 3 is 2.50 bits per heavy atom. The number of aliphatic hydroxyl groups excluding tert-OH is 1. The summed E-state index contributed by atoms with van der Waals surface area (Å²) in [6.45, 7) is 13.5. The van der Waals surface area contributed by atoms with E-state index in [1.165, 1.54) is 0 Å². The van der Waals surface area contributed by atoms with E-state index in [1.54, 1.807) is 26.9 Å². The Labute approximate surface area is 237 Å². The standard InChI is InChI=1S/C31H43N3O6/c1-5-9-19-32(17-6-2)30(38)27-31-16-15-24(40-31)25(26(31)29(37)34(27)20-10-21-35)28(36)33(18-7-3)22-11-13-23(14-12-22)39-8-4/h6-7,11-14,24-27,35H,2-3,5,8-10,15-21H2,1,4H3/t24-,25+,26-,27?,31?/m0/s1. The zero-order valence-electron chi connectivity index (χ0n) is 23.8. The summed E-state index contributed by atoms with van der Waals surface area (Å²) in [6.07, 6.45) is 6.13. The summed E-state index contributed by atoms with van der Waals surface area (Å²) < 4.78 is 12.1. The van der Waals surface area contributed by atoms with E-state index in [4.69, 9.17) is 9.47 Å². The highest BCUT2D eigenvalue weighted by atomic mass is 16.5. The average molecular weight is 554 g/mol. The van der Waals surface area contributed by atoms with Crippen LogP contribution in [-0.2, 0) is 19.1 Å². The van der Waals surface area contributed by atoms with Crippen molar-refractivity contribution in [3.63, 3.8) is 0 Å². The Kier molecular flexibility index (Phi) is 9.68. The molecular formula is C31H43N3O6. The monoisotopic (exact) mass is 553 g/mol. The van der Waals surface area contributed by atoms with E-state index in [0.717, 1.165) is 12.8 Å². The first kappa shape index (κ1) is 29.8. The van der Waals surface area contributed by atoms with Crippen molar-refractivity contribution in [2.24, 2.45) is 11.8 Å². The Hall–Kier alpha value is -3.17. The number of amides is 3. The van der Waals surface area contributed by atoms with Gasteiger partial charge < -0.3 is 29.3 Å². The van der Waals surface area contributed by atoms with Crippen molar-refractivity contribution in [2.45, 2.75) is 63.7 Å². The molecule has 40 heavy (non-hydrogen) atoms. The van der Waals surface area contributed by atoms with Crippen molar-refractivity contribution < 1.29 is 29.0 Å². The summed E-state index contributed by atoms with van der Waals surface area (Å²) in [7, 11) is 0. The molecule has 3 heterocycles. The van der Waals surface area contributed by atoms with E-state index < -0.39 is 29.6 Å². The van der Waals surface area contributed by atoms with Crippen molar-refractivity contribution in [1.29, 1.82) is 0 Å². The molecule has 1 spiro atoms. The number of unbranched alkanes of at least 4 members (excludes halogenated alkanes) is 1. The number of hydrogen-bond donors (Lipinski definition) is 1. The van der Waals surface area contributed by atoms with Gasteiger partial charge in [-0.3, -0.25) is 14.4 Å². The normalized spacial score (nSPS) is 26.5. The Morgan fingerprint density at radius 2 is 1.88 bits per heavy atom. The minimum atomic E-state index is -1.07. The smallest absolute Gasteiger partial charge is 0.248 e. The highest BCUT2D eigenvalue weighted by molar-refractivity contribution is 6.03. The lowest BCUT2D eigenvalue weighted by Gasteiger charge is -2.37. The number of carbonyl (C=O) groups excluding carboxylic acids is 3. The maximum absolute atomic E-state index is 14.2. The van der Waals surface area contributed by atoms with Gasteiger partial charge in [0.05, 0.1) is 24.5 Å². The van der Waals surface area contributed by atoms with Gasteiger partial charge in [0, 0.05) is 38.5 Å². The number of ether oxygens (including phenoxy) is 2. The van der Waals surface area contributed by atoms with Crippen molar-refractivity contribution in [3.8, 4) is 5.75 Å². The first-order valence-electron chi connectivity index (χ1n) is 14.5. The molecule has 5 atom stereocenters.